The lowest BCUT2D eigenvalue weighted by molar-refractivity contribution is -0.862. The van der Waals surface area contributed by atoms with E-state index in [1.165, 1.54) is 36.4 Å². The summed E-state index contributed by atoms with van der Waals surface area (Å²) in [6.07, 6.45) is 0. The summed E-state index contributed by atoms with van der Waals surface area (Å²) >= 11 is 0. The van der Waals surface area contributed by atoms with Gasteiger partial charge in [0.1, 0.15) is 11.6 Å². The van der Waals surface area contributed by atoms with Crippen LogP contribution >= 0.6 is 0 Å². The molecule has 2 aromatic rings. The normalized spacial score (nSPS) is 11.7. The van der Waals surface area contributed by atoms with Crippen LogP contribution in [0.4, 0.5) is 24.5 Å². The number of hydrogen-bond donors (Lipinski definition) is 3. The molecule has 9 heteroatoms. The van der Waals surface area contributed by atoms with Gasteiger partial charge in [-0.25, -0.2) is 4.39 Å². The monoisotopic (exact) mass is 382 g/mol. The molecule has 0 saturated heterocycles. The lowest BCUT2D eigenvalue weighted by Crippen LogP contribution is -3.11. The average Bonchev–Trinajstić information content (AvgIpc) is 2.55. The second-order valence-corrected chi connectivity index (χ2v) is 5.79. The Morgan fingerprint density at radius 2 is 1.70 bits per heavy atom. The lowest BCUT2D eigenvalue weighted by atomic mass is 10.3. The summed E-state index contributed by atoms with van der Waals surface area (Å²) < 4.78 is 42.2. The third kappa shape index (κ3) is 6.98. The Morgan fingerprint density at radius 3 is 2.37 bits per heavy atom. The quantitative estimate of drug-likeness (QED) is 0.648. The molecule has 2 amide bonds. The summed E-state index contributed by atoms with van der Waals surface area (Å²) in [6.45, 7) is -3.14. The molecule has 2 rings (SSSR count). The van der Waals surface area contributed by atoms with Gasteiger partial charge in [0.05, 0.1) is 12.7 Å². The molecule has 0 bridgehead atoms. The molecule has 0 radical (unpaired) electrons. The van der Waals surface area contributed by atoms with Gasteiger partial charge < -0.3 is 20.3 Å². The fourth-order valence-electron chi connectivity index (χ4n) is 2.35. The Kier molecular flexibility index (Phi) is 7.18. The van der Waals surface area contributed by atoms with Crippen LogP contribution in [0, 0.1) is 5.82 Å². The number of para-hydroxylation sites is 2. The Bertz CT molecular complexity index is 802. The number of halogens is 3. The maximum atomic E-state index is 13.1. The van der Waals surface area contributed by atoms with Crippen LogP contribution in [0.5, 0.6) is 5.75 Å². The van der Waals surface area contributed by atoms with Crippen LogP contribution in [0.25, 0.3) is 0 Å². The molecule has 6 nitrogen and oxygen atoms in total. The Morgan fingerprint density at radius 1 is 1.04 bits per heavy atom. The van der Waals surface area contributed by atoms with Crippen LogP contribution in [0.3, 0.4) is 0 Å². The second kappa shape index (κ2) is 9.58. The minimum atomic E-state index is -3.01. The van der Waals surface area contributed by atoms with Gasteiger partial charge in [-0.15, -0.1) is 0 Å². The van der Waals surface area contributed by atoms with Gasteiger partial charge in [-0.2, -0.15) is 8.78 Å². The van der Waals surface area contributed by atoms with Gasteiger partial charge in [-0.3, -0.25) is 9.59 Å². The first kappa shape index (κ1) is 20.2. The summed E-state index contributed by atoms with van der Waals surface area (Å²) in [6, 6.07) is 11.3. The predicted octanol–water partition coefficient (Wildman–Crippen LogP) is 1.52. The van der Waals surface area contributed by atoms with Crippen molar-refractivity contribution in [1.82, 2.24) is 0 Å². The van der Waals surface area contributed by atoms with Crippen molar-refractivity contribution in [2.24, 2.45) is 0 Å². The molecule has 144 valence electrons. The van der Waals surface area contributed by atoms with Crippen molar-refractivity contribution in [2.45, 2.75) is 6.61 Å². The number of rotatable bonds is 8. The minimum Gasteiger partial charge on any atom is -0.433 e. The molecule has 0 saturated carbocycles. The third-order valence-corrected chi connectivity index (χ3v) is 3.41. The molecule has 27 heavy (non-hydrogen) atoms. The van der Waals surface area contributed by atoms with Gasteiger partial charge in [0, 0.05) is 5.69 Å². The number of amides is 2. The van der Waals surface area contributed by atoms with Crippen molar-refractivity contribution in [2.75, 3.05) is 30.8 Å². The maximum Gasteiger partial charge on any atom is 0.387 e. The number of alkyl halides is 2. The summed E-state index contributed by atoms with van der Waals surface area (Å²) in [5, 5.41) is 5.01. The highest BCUT2D eigenvalue weighted by atomic mass is 19.3. The first-order valence-corrected chi connectivity index (χ1v) is 8.04. The van der Waals surface area contributed by atoms with E-state index in [4.69, 9.17) is 0 Å². The van der Waals surface area contributed by atoms with Crippen LogP contribution in [0.15, 0.2) is 48.5 Å². The SMILES string of the molecule is C[NH+](CC(=O)Nc1cccc(F)c1)CC(=O)Nc1ccccc1OC(F)F. The summed E-state index contributed by atoms with van der Waals surface area (Å²) in [7, 11) is 1.62. The summed E-state index contributed by atoms with van der Waals surface area (Å²) in [5.41, 5.74) is 0.426. The number of anilines is 2. The molecule has 0 aromatic heterocycles. The molecular formula is C18H19F3N3O3+. The van der Waals surface area contributed by atoms with Gasteiger partial charge in [0.2, 0.25) is 0 Å². The van der Waals surface area contributed by atoms with E-state index in [9.17, 15) is 22.8 Å². The highest BCUT2D eigenvalue weighted by Crippen LogP contribution is 2.25. The van der Waals surface area contributed by atoms with Crippen LogP contribution in [0.2, 0.25) is 0 Å². The zero-order valence-corrected chi connectivity index (χ0v) is 14.5. The molecule has 0 spiro atoms. The highest BCUT2D eigenvalue weighted by Gasteiger charge is 2.17. The number of likely N-dealkylation sites (N-methyl/N-ethyl adjacent to an activating group) is 1. The number of hydrogen-bond acceptors (Lipinski definition) is 3. The number of carbonyl (C=O) groups excluding carboxylic acids is 2. The molecule has 0 fully saturated rings. The van der Waals surface area contributed by atoms with Crippen molar-refractivity contribution in [3.8, 4) is 5.75 Å². The zero-order chi connectivity index (χ0) is 19.8. The van der Waals surface area contributed by atoms with Crippen LogP contribution in [0.1, 0.15) is 0 Å². The number of nitrogens with one attached hydrogen (secondary N) is 3. The highest BCUT2D eigenvalue weighted by molar-refractivity contribution is 5.94. The van der Waals surface area contributed by atoms with E-state index in [-0.39, 0.29) is 24.5 Å². The number of benzene rings is 2. The molecular weight excluding hydrogens is 363 g/mol. The molecule has 0 aliphatic heterocycles. The minimum absolute atomic E-state index is 0.0425. The lowest BCUT2D eigenvalue weighted by Gasteiger charge is -2.15. The van der Waals surface area contributed by atoms with Crippen molar-refractivity contribution < 1.29 is 32.4 Å². The average molecular weight is 382 g/mol. The standard InChI is InChI=1S/C18H18F3N3O3/c1-24(10-16(25)22-13-6-4-5-12(19)9-13)11-17(26)23-14-7-2-3-8-15(14)27-18(20)21/h2-9,18H,10-11H2,1H3,(H,22,25)(H,23,26)/p+1. The van der Waals surface area contributed by atoms with E-state index in [0.29, 0.717) is 10.6 Å². The number of quaternary nitrogens is 1. The molecule has 3 N–H and O–H groups in total. The van der Waals surface area contributed by atoms with Gasteiger partial charge in [0.25, 0.3) is 11.8 Å². The number of ether oxygens (including phenoxy) is 1. The van der Waals surface area contributed by atoms with Gasteiger partial charge >= 0.3 is 6.61 Å². The largest absolute Gasteiger partial charge is 0.433 e. The summed E-state index contributed by atoms with van der Waals surface area (Å²) in [4.78, 5) is 24.6. The van der Waals surface area contributed by atoms with Gasteiger partial charge in [0.15, 0.2) is 13.1 Å². The summed E-state index contributed by atoms with van der Waals surface area (Å²) in [5.74, 6) is -1.50. The molecule has 1 atom stereocenters. The first-order chi connectivity index (χ1) is 12.8. The Balaban J connectivity index is 1.86. The van der Waals surface area contributed by atoms with Gasteiger partial charge in [-0.1, -0.05) is 18.2 Å². The Hall–Kier alpha value is -3.07. The molecule has 0 aliphatic rings. The first-order valence-electron chi connectivity index (χ1n) is 8.04. The van der Waals surface area contributed by atoms with Crippen molar-refractivity contribution in [1.29, 1.82) is 0 Å². The van der Waals surface area contributed by atoms with Crippen molar-refractivity contribution in [3.05, 3.63) is 54.3 Å². The molecule has 0 heterocycles. The van der Waals surface area contributed by atoms with E-state index in [1.54, 1.807) is 19.2 Å². The van der Waals surface area contributed by atoms with E-state index in [2.05, 4.69) is 15.4 Å². The van der Waals surface area contributed by atoms with Crippen molar-refractivity contribution >= 4 is 23.2 Å². The van der Waals surface area contributed by atoms with Crippen LogP contribution in [-0.2, 0) is 9.59 Å². The second-order valence-electron chi connectivity index (χ2n) is 5.79. The van der Waals surface area contributed by atoms with E-state index >= 15 is 0 Å². The molecule has 2 aromatic carbocycles. The van der Waals surface area contributed by atoms with E-state index < -0.39 is 24.2 Å². The van der Waals surface area contributed by atoms with E-state index in [1.807, 2.05) is 0 Å². The zero-order valence-electron chi connectivity index (χ0n) is 14.5. The van der Waals surface area contributed by atoms with Gasteiger partial charge in [-0.05, 0) is 30.3 Å². The Labute approximate surface area is 153 Å². The third-order valence-electron chi connectivity index (χ3n) is 3.41. The van der Waals surface area contributed by atoms with Crippen LogP contribution in [-0.4, -0.2) is 38.6 Å². The topological polar surface area (TPSA) is 71.9 Å². The van der Waals surface area contributed by atoms with Crippen LogP contribution < -0.4 is 20.3 Å². The predicted molar refractivity (Wildman–Crippen MR) is 93.4 cm³/mol. The van der Waals surface area contributed by atoms with Crippen molar-refractivity contribution in [3.63, 3.8) is 0 Å². The molecule has 1 unspecified atom stereocenters. The van der Waals surface area contributed by atoms with E-state index in [0.717, 1.165) is 0 Å². The molecule has 0 aliphatic carbocycles. The number of carbonyl (C=O) groups is 2. The fraction of sp³-hybridized carbons (Fsp3) is 0.222. The smallest absolute Gasteiger partial charge is 0.387 e. The maximum absolute atomic E-state index is 13.1. The fourth-order valence-corrected chi connectivity index (χ4v) is 2.35.